The molecule has 5 nitrogen and oxygen atoms in total. The number of nitrogens with two attached hydrogens (primary N) is 1. The molecule has 0 spiro atoms. The van der Waals surface area contributed by atoms with Crippen LogP contribution >= 0.6 is 0 Å². The van der Waals surface area contributed by atoms with Gasteiger partial charge in [-0.1, -0.05) is 0 Å². The van der Waals surface area contributed by atoms with E-state index in [1.807, 2.05) is 0 Å². The van der Waals surface area contributed by atoms with Gasteiger partial charge in [-0.3, -0.25) is 0 Å². The molecule has 0 bridgehead atoms. The Morgan fingerprint density at radius 2 is 1.94 bits per heavy atom. The number of nitrogens with one attached hydrogen (secondary N) is 1. The van der Waals surface area contributed by atoms with E-state index in [4.69, 9.17) is 10.5 Å². The van der Waals surface area contributed by atoms with Crippen LogP contribution in [-0.4, -0.2) is 28.1 Å². The van der Waals surface area contributed by atoms with Crippen molar-refractivity contribution in [1.82, 2.24) is 4.72 Å². The van der Waals surface area contributed by atoms with E-state index in [0.717, 1.165) is 12.8 Å². The number of rotatable bonds is 5. The lowest BCUT2D eigenvalue weighted by Crippen LogP contribution is -2.42. The highest BCUT2D eigenvalue weighted by molar-refractivity contribution is 7.89. The molecule has 0 saturated heterocycles. The van der Waals surface area contributed by atoms with Gasteiger partial charge in [0.05, 0.1) is 12.0 Å². The normalized spacial score (nSPS) is 23.4. The van der Waals surface area contributed by atoms with Crippen molar-refractivity contribution >= 4 is 10.0 Å². The Bertz CT molecular complexity index is 493. The third-order valence-corrected chi connectivity index (χ3v) is 4.64. The summed E-state index contributed by atoms with van der Waals surface area (Å²) in [6.07, 6.45) is 1.79. The molecule has 2 rings (SSSR count). The quantitative estimate of drug-likeness (QED) is 0.825. The van der Waals surface area contributed by atoms with Crippen LogP contribution in [0.3, 0.4) is 0 Å². The largest absolute Gasteiger partial charge is 0.497 e. The number of ether oxygens (including phenoxy) is 1. The van der Waals surface area contributed by atoms with Crippen molar-refractivity contribution in [2.45, 2.75) is 23.8 Å². The van der Waals surface area contributed by atoms with E-state index >= 15 is 0 Å². The molecule has 0 aliphatic heterocycles. The van der Waals surface area contributed by atoms with Crippen molar-refractivity contribution in [2.75, 3.05) is 13.7 Å². The smallest absolute Gasteiger partial charge is 0.240 e. The lowest BCUT2D eigenvalue weighted by Gasteiger charge is -2.32. The number of hydrogen-bond donors (Lipinski definition) is 2. The van der Waals surface area contributed by atoms with Crippen molar-refractivity contribution in [2.24, 2.45) is 11.7 Å². The third kappa shape index (κ3) is 3.01. The second kappa shape index (κ2) is 5.26. The highest BCUT2D eigenvalue weighted by atomic mass is 32.2. The first-order valence-electron chi connectivity index (χ1n) is 5.90. The van der Waals surface area contributed by atoms with Crippen LogP contribution in [-0.2, 0) is 10.0 Å². The monoisotopic (exact) mass is 270 g/mol. The molecular weight excluding hydrogens is 252 g/mol. The number of benzene rings is 1. The Kier molecular flexibility index (Phi) is 3.89. The van der Waals surface area contributed by atoms with E-state index in [2.05, 4.69) is 4.72 Å². The van der Waals surface area contributed by atoms with E-state index in [1.165, 1.54) is 12.1 Å². The van der Waals surface area contributed by atoms with E-state index in [1.54, 1.807) is 19.2 Å². The van der Waals surface area contributed by atoms with Crippen molar-refractivity contribution < 1.29 is 13.2 Å². The standard InChI is InChI=1S/C12H18N2O3S/c1-17-11-2-4-12(5-3-11)18(15,16)14-8-9-6-10(13)7-9/h2-5,9-10,14H,6-8,13H2,1H3. The Morgan fingerprint density at radius 1 is 1.33 bits per heavy atom. The zero-order valence-electron chi connectivity index (χ0n) is 10.3. The van der Waals surface area contributed by atoms with Crippen LogP contribution in [0, 0.1) is 5.92 Å². The molecule has 0 aromatic heterocycles. The van der Waals surface area contributed by atoms with Gasteiger partial charge in [0.25, 0.3) is 0 Å². The van der Waals surface area contributed by atoms with E-state index in [-0.39, 0.29) is 10.9 Å². The third-order valence-electron chi connectivity index (χ3n) is 3.20. The van der Waals surface area contributed by atoms with Crippen LogP contribution in [0.15, 0.2) is 29.2 Å². The van der Waals surface area contributed by atoms with Crippen LogP contribution in [0.4, 0.5) is 0 Å². The fourth-order valence-electron chi connectivity index (χ4n) is 2.02. The molecule has 100 valence electrons. The molecule has 0 unspecified atom stereocenters. The summed E-state index contributed by atoms with van der Waals surface area (Å²) >= 11 is 0. The molecule has 0 radical (unpaired) electrons. The first kappa shape index (κ1) is 13.3. The van der Waals surface area contributed by atoms with Crippen molar-refractivity contribution in [3.8, 4) is 5.75 Å². The summed E-state index contributed by atoms with van der Waals surface area (Å²) in [5.74, 6) is 1.01. The fraction of sp³-hybridized carbons (Fsp3) is 0.500. The second-order valence-electron chi connectivity index (χ2n) is 4.62. The predicted molar refractivity (Wildman–Crippen MR) is 68.9 cm³/mol. The predicted octanol–water partition coefficient (Wildman–Crippen LogP) is 0.711. The SMILES string of the molecule is COc1ccc(S(=O)(=O)NCC2CC(N)C2)cc1. The molecule has 1 aliphatic rings. The Morgan fingerprint density at radius 3 is 2.44 bits per heavy atom. The lowest BCUT2D eigenvalue weighted by molar-refractivity contribution is 0.267. The molecule has 18 heavy (non-hydrogen) atoms. The molecule has 0 heterocycles. The minimum Gasteiger partial charge on any atom is -0.497 e. The minimum atomic E-state index is -3.42. The van der Waals surface area contributed by atoms with Gasteiger partial charge in [0.15, 0.2) is 0 Å². The molecule has 3 N–H and O–H groups in total. The maximum Gasteiger partial charge on any atom is 0.240 e. The first-order valence-corrected chi connectivity index (χ1v) is 7.39. The van der Waals surface area contributed by atoms with Crippen molar-refractivity contribution in [3.05, 3.63) is 24.3 Å². The summed E-state index contributed by atoms with van der Waals surface area (Å²) < 4.78 is 31.5. The highest BCUT2D eigenvalue weighted by Crippen LogP contribution is 2.25. The van der Waals surface area contributed by atoms with Crippen LogP contribution in [0.1, 0.15) is 12.8 Å². The summed E-state index contributed by atoms with van der Waals surface area (Å²) in [5, 5.41) is 0. The number of methoxy groups -OCH3 is 1. The molecule has 0 amide bonds. The van der Waals surface area contributed by atoms with Gasteiger partial charge in [-0.2, -0.15) is 0 Å². The summed E-state index contributed by atoms with van der Waals surface area (Å²) in [5.41, 5.74) is 5.66. The highest BCUT2D eigenvalue weighted by Gasteiger charge is 2.27. The average molecular weight is 270 g/mol. The van der Waals surface area contributed by atoms with Crippen molar-refractivity contribution in [1.29, 1.82) is 0 Å². The van der Waals surface area contributed by atoms with Gasteiger partial charge >= 0.3 is 0 Å². The average Bonchev–Trinajstić information content (AvgIpc) is 2.33. The molecule has 6 heteroatoms. The van der Waals surface area contributed by atoms with Crippen LogP contribution in [0.25, 0.3) is 0 Å². The van der Waals surface area contributed by atoms with E-state index in [9.17, 15) is 8.42 Å². The fourth-order valence-corrected chi connectivity index (χ4v) is 3.14. The van der Waals surface area contributed by atoms with Gasteiger partial charge in [-0.15, -0.1) is 0 Å². The molecular formula is C12H18N2O3S. The van der Waals surface area contributed by atoms with Crippen molar-refractivity contribution in [3.63, 3.8) is 0 Å². The minimum absolute atomic E-state index is 0.237. The number of sulfonamides is 1. The topological polar surface area (TPSA) is 81.4 Å². The Balaban J connectivity index is 1.96. The van der Waals surface area contributed by atoms with E-state index < -0.39 is 10.0 Å². The van der Waals surface area contributed by atoms with Gasteiger partial charge in [0, 0.05) is 12.6 Å². The summed E-state index contributed by atoms with van der Waals surface area (Å²) in [6.45, 7) is 0.460. The Hall–Kier alpha value is -1.11. The zero-order valence-corrected chi connectivity index (χ0v) is 11.1. The van der Waals surface area contributed by atoms with Gasteiger partial charge in [-0.25, -0.2) is 13.1 Å². The zero-order chi connectivity index (χ0) is 13.2. The first-order chi connectivity index (χ1) is 8.51. The van der Waals surface area contributed by atoms with Crippen LogP contribution in [0.5, 0.6) is 5.75 Å². The summed E-state index contributed by atoms with van der Waals surface area (Å²) in [4.78, 5) is 0.256. The van der Waals surface area contributed by atoms with Crippen LogP contribution in [0.2, 0.25) is 0 Å². The molecule has 0 atom stereocenters. The molecule has 1 aromatic rings. The number of hydrogen-bond acceptors (Lipinski definition) is 4. The van der Waals surface area contributed by atoms with Gasteiger partial charge < -0.3 is 10.5 Å². The summed E-state index contributed by atoms with van der Waals surface area (Å²) in [6, 6.07) is 6.57. The Labute approximate surface area is 107 Å². The molecule has 1 fully saturated rings. The molecule has 1 aromatic carbocycles. The maximum absolute atomic E-state index is 12.0. The van der Waals surface area contributed by atoms with Gasteiger partial charge in [0.2, 0.25) is 10.0 Å². The second-order valence-corrected chi connectivity index (χ2v) is 6.39. The van der Waals surface area contributed by atoms with Gasteiger partial charge in [-0.05, 0) is 43.0 Å². The molecule has 1 saturated carbocycles. The summed E-state index contributed by atoms with van der Waals surface area (Å²) in [7, 11) is -1.88. The van der Waals surface area contributed by atoms with E-state index in [0.29, 0.717) is 18.2 Å². The maximum atomic E-state index is 12.0. The van der Waals surface area contributed by atoms with Crippen LogP contribution < -0.4 is 15.2 Å². The molecule has 1 aliphatic carbocycles. The van der Waals surface area contributed by atoms with Gasteiger partial charge in [0.1, 0.15) is 5.75 Å². The lowest BCUT2D eigenvalue weighted by atomic mass is 9.81.